The van der Waals surface area contributed by atoms with Gasteiger partial charge in [-0.2, -0.15) is 0 Å². The van der Waals surface area contributed by atoms with Crippen molar-refractivity contribution in [2.24, 2.45) is 0 Å². The fourth-order valence-electron chi connectivity index (χ4n) is 4.10. The van der Waals surface area contributed by atoms with Crippen LogP contribution in [-0.2, 0) is 11.3 Å². The van der Waals surface area contributed by atoms with Crippen LogP contribution in [0.15, 0.2) is 71.0 Å². The normalized spacial score (nSPS) is 13.7. The molecule has 0 saturated carbocycles. The molecule has 1 saturated heterocycles. The number of carbonyl (C=O) groups excluding carboxylic acids is 2. The van der Waals surface area contributed by atoms with Crippen molar-refractivity contribution in [3.8, 4) is 11.5 Å². The third-order valence-corrected chi connectivity index (χ3v) is 6.08. The molecule has 0 spiro atoms. The highest BCUT2D eigenvalue weighted by atomic mass is 16.5. The first-order valence-corrected chi connectivity index (χ1v) is 12.0. The molecule has 1 aliphatic heterocycles. The first-order valence-electron chi connectivity index (χ1n) is 12.0. The molecular weight excluding hydrogens is 458 g/mol. The Labute approximate surface area is 210 Å². The van der Waals surface area contributed by atoms with Gasteiger partial charge in [-0.3, -0.25) is 9.59 Å². The second-order valence-electron chi connectivity index (χ2n) is 8.49. The van der Waals surface area contributed by atoms with E-state index in [2.05, 4.69) is 27.7 Å². The zero-order valence-electron chi connectivity index (χ0n) is 20.6. The first kappa shape index (κ1) is 24.9. The number of benzene rings is 2. The Hall–Kier alpha value is -4.20. The van der Waals surface area contributed by atoms with Gasteiger partial charge in [-0.05, 0) is 67.3 Å². The highest BCUT2D eigenvalue weighted by Crippen LogP contribution is 2.27. The van der Waals surface area contributed by atoms with Crippen molar-refractivity contribution in [1.82, 2.24) is 10.6 Å². The molecule has 0 bridgehead atoms. The second-order valence-corrected chi connectivity index (χ2v) is 8.49. The third kappa shape index (κ3) is 6.27. The van der Waals surface area contributed by atoms with Crippen LogP contribution in [0, 0.1) is 0 Å². The summed E-state index contributed by atoms with van der Waals surface area (Å²) in [5.41, 5.74) is 2.55. The molecule has 0 atom stereocenters. The zero-order chi connectivity index (χ0) is 25.3. The smallest absolute Gasteiger partial charge is 0.268 e. The molecule has 2 amide bonds. The summed E-state index contributed by atoms with van der Waals surface area (Å²) in [6.45, 7) is 2.48. The number of nitrogens with zero attached hydrogens (tertiary/aromatic N) is 1. The third-order valence-electron chi connectivity index (χ3n) is 6.08. The van der Waals surface area contributed by atoms with Crippen molar-refractivity contribution < 1.29 is 23.5 Å². The van der Waals surface area contributed by atoms with Gasteiger partial charge in [-0.15, -0.1) is 0 Å². The molecule has 8 nitrogen and oxygen atoms in total. The number of furan rings is 1. The number of nitrogens with one attached hydrogen (secondary N) is 2. The summed E-state index contributed by atoms with van der Waals surface area (Å²) >= 11 is 0. The molecule has 8 heteroatoms. The Balaban J connectivity index is 1.44. The summed E-state index contributed by atoms with van der Waals surface area (Å²) < 4.78 is 15.9. The molecule has 36 heavy (non-hydrogen) atoms. The Kier molecular flexibility index (Phi) is 8.28. The number of ether oxygens (including phenoxy) is 2. The zero-order valence-corrected chi connectivity index (χ0v) is 20.6. The van der Waals surface area contributed by atoms with E-state index in [4.69, 9.17) is 13.9 Å². The van der Waals surface area contributed by atoms with E-state index in [1.807, 2.05) is 12.1 Å². The fraction of sp³-hybridized carbons (Fsp3) is 0.286. The van der Waals surface area contributed by atoms with Gasteiger partial charge in [0.15, 0.2) is 11.5 Å². The van der Waals surface area contributed by atoms with Gasteiger partial charge in [0.2, 0.25) is 0 Å². The second kappa shape index (κ2) is 12.0. The number of rotatable bonds is 9. The highest BCUT2D eigenvalue weighted by Gasteiger charge is 2.17. The number of methoxy groups -OCH3 is 2. The van der Waals surface area contributed by atoms with Gasteiger partial charge in [0.1, 0.15) is 11.5 Å². The Morgan fingerprint density at radius 1 is 0.972 bits per heavy atom. The monoisotopic (exact) mass is 489 g/mol. The average molecular weight is 490 g/mol. The van der Waals surface area contributed by atoms with Crippen LogP contribution in [-0.4, -0.2) is 39.1 Å². The van der Waals surface area contributed by atoms with Gasteiger partial charge >= 0.3 is 0 Å². The summed E-state index contributed by atoms with van der Waals surface area (Å²) in [5.74, 6) is 0.470. The minimum Gasteiger partial charge on any atom is -0.493 e. The maximum atomic E-state index is 13.1. The summed E-state index contributed by atoms with van der Waals surface area (Å²) in [6, 6.07) is 16.4. The molecule has 0 unspecified atom stereocenters. The number of hydrogen-bond donors (Lipinski definition) is 2. The Bertz CT molecular complexity index is 1200. The van der Waals surface area contributed by atoms with Gasteiger partial charge in [0.25, 0.3) is 11.8 Å². The number of hydrogen-bond acceptors (Lipinski definition) is 6. The van der Waals surface area contributed by atoms with Crippen molar-refractivity contribution in [1.29, 1.82) is 0 Å². The summed E-state index contributed by atoms with van der Waals surface area (Å²) in [7, 11) is 3.02. The quantitative estimate of drug-likeness (QED) is 0.434. The number of piperidine rings is 1. The molecule has 1 fully saturated rings. The predicted octanol–water partition coefficient (Wildman–Crippen LogP) is 4.37. The van der Waals surface area contributed by atoms with Crippen molar-refractivity contribution in [3.63, 3.8) is 0 Å². The maximum Gasteiger partial charge on any atom is 0.268 e. The van der Waals surface area contributed by atoms with E-state index in [1.165, 1.54) is 51.5 Å². The largest absolute Gasteiger partial charge is 0.493 e. The highest BCUT2D eigenvalue weighted by molar-refractivity contribution is 6.05. The van der Waals surface area contributed by atoms with Crippen molar-refractivity contribution in [3.05, 3.63) is 83.4 Å². The molecule has 1 aliphatic rings. The Morgan fingerprint density at radius 2 is 1.72 bits per heavy atom. The van der Waals surface area contributed by atoms with E-state index >= 15 is 0 Å². The molecule has 2 aromatic carbocycles. The number of carbonyl (C=O) groups is 2. The molecule has 0 aliphatic carbocycles. The standard InChI is InChI=1S/C28H31N3O5/c1-34-25-13-10-21(17-26(25)35-2)27(32)30-24(18-23-7-6-16-36-23)28(33)29-19-20-8-11-22(12-9-20)31-14-4-3-5-15-31/h6-13,16-18H,3-5,14-15,19H2,1-2H3,(H,29,33)(H,30,32)/b24-18-. The molecule has 2 heterocycles. The molecule has 3 aromatic rings. The molecule has 188 valence electrons. The lowest BCUT2D eigenvalue weighted by Crippen LogP contribution is -2.34. The van der Waals surface area contributed by atoms with Crippen molar-refractivity contribution >= 4 is 23.6 Å². The average Bonchev–Trinajstić information content (AvgIpc) is 3.45. The summed E-state index contributed by atoms with van der Waals surface area (Å²) in [4.78, 5) is 28.4. The molecule has 0 radical (unpaired) electrons. The fourth-order valence-corrected chi connectivity index (χ4v) is 4.10. The maximum absolute atomic E-state index is 13.1. The molecule has 1 aromatic heterocycles. The van der Waals surface area contributed by atoms with Gasteiger partial charge in [-0.25, -0.2) is 0 Å². The Morgan fingerprint density at radius 3 is 2.39 bits per heavy atom. The van der Waals surface area contributed by atoms with Gasteiger partial charge in [0, 0.05) is 37.0 Å². The molecule has 4 rings (SSSR count). The van der Waals surface area contributed by atoms with Crippen molar-refractivity contribution in [2.45, 2.75) is 25.8 Å². The van der Waals surface area contributed by atoms with Crippen molar-refractivity contribution in [2.75, 3.05) is 32.2 Å². The number of amides is 2. The van der Waals surface area contributed by atoms with Crippen LogP contribution < -0.4 is 25.0 Å². The van der Waals surface area contributed by atoms with Crippen LogP contribution in [0.25, 0.3) is 6.08 Å². The summed E-state index contributed by atoms with van der Waals surface area (Å²) in [6.07, 6.45) is 6.72. The van der Waals surface area contributed by atoms with Gasteiger partial charge in [0.05, 0.1) is 20.5 Å². The van der Waals surface area contributed by atoms with Crippen LogP contribution in [0.3, 0.4) is 0 Å². The lowest BCUT2D eigenvalue weighted by molar-refractivity contribution is -0.117. The minimum atomic E-state index is -0.463. The van der Waals surface area contributed by atoms with E-state index in [0.29, 0.717) is 29.4 Å². The van der Waals surface area contributed by atoms with Crippen LogP contribution in [0.5, 0.6) is 11.5 Å². The lowest BCUT2D eigenvalue weighted by atomic mass is 10.1. The SMILES string of the molecule is COc1ccc(C(=O)N/C(=C\c2ccco2)C(=O)NCc2ccc(N3CCCCC3)cc2)cc1OC. The van der Waals surface area contributed by atoms with Crippen LogP contribution in [0.1, 0.15) is 40.9 Å². The minimum absolute atomic E-state index is 0.0645. The lowest BCUT2D eigenvalue weighted by Gasteiger charge is -2.28. The summed E-state index contributed by atoms with van der Waals surface area (Å²) in [5, 5.41) is 5.58. The predicted molar refractivity (Wildman–Crippen MR) is 138 cm³/mol. The van der Waals surface area contributed by atoms with E-state index in [-0.39, 0.29) is 5.70 Å². The molecule has 2 N–H and O–H groups in total. The van der Waals surface area contributed by atoms with E-state index in [0.717, 1.165) is 18.7 Å². The topological polar surface area (TPSA) is 93.0 Å². The van der Waals surface area contributed by atoms with Crippen LogP contribution >= 0.6 is 0 Å². The van der Waals surface area contributed by atoms with E-state index in [1.54, 1.807) is 30.3 Å². The van der Waals surface area contributed by atoms with Gasteiger partial charge in [-0.1, -0.05) is 12.1 Å². The van der Waals surface area contributed by atoms with Crippen LogP contribution in [0.2, 0.25) is 0 Å². The molecular formula is C28H31N3O5. The van der Waals surface area contributed by atoms with E-state index in [9.17, 15) is 9.59 Å². The van der Waals surface area contributed by atoms with E-state index < -0.39 is 11.8 Å². The first-order chi connectivity index (χ1) is 17.6. The number of anilines is 1. The van der Waals surface area contributed by atoms with Crippen LogP contribution in [0.4, 0.5) is 5.69 Å². The van der Waals surface area contributed by atoms with Gasteiger partial charge < -0.3 is 29.4 Å².